The summed E-state index contributed by atoms with van der Waals surface area (Å²) in [5.41, 5.74) is 1.83. The molecule has 0 fully saturated rings. The minimum absolute atomic E-state index is 0.0214. The first-order valence-corrected chi connectivity index (χ1v) is 6.47. The van der Waals surface area contributed by atoms with E-state index in [2.05, 4.69) is 15.9 Å². The number of nitro groups is 1. The Morgan fingerprint density at radius 3 is 2.72 bits per heavy atom. The van der Waals surface area contributed by atoms with Crippen LogP contribution in [-0.4, -0.2) is 10.9 Å². The molecule has 1 aromatic carbocycles. The monoisotopic (exact) mass is 313 g/mol. The quantitative estimate of drug-likeness (QED) is 0.364. The van der Waals surface area contributed by atoms with Crippen molar-refractivity contribution >= 4 is 27.6 Å². The topological polar surface area (TPSA) is 69.4 Å². The average molecular weight is 314 g/mol. The van der Waals surface area contributed by atoms with Crippen LogP contribution in [0.2, 0.25) is 0 Å². The third kappa shape index (κ3) is 2.38. The summed E-state index contributed by atoms with van der Waals surface area (Å²) >= 11 is 3.33. The Morgan fingerprint density at radius 2 is 2.11 bits per heavy atom. The molecular weight excluding hydrogens is 302 g/mol. The van der Waals surface area contributed by atoms with E-state index in [1.54, 1.807) is 0 Å². The first-order valence-electron chi connectivity index (χ1n) is 5.67. The van der Waals surface area contributed by atoms with Gasteiger partial charge in [0.25, 0.3) is 0 Å². The number of nitro benzene ring substituents is 1. The molecule has 5 nitrogen and oxygen atoms in total. The molecule has 0 saturated carbocycles. The number of esters is 1. The zero-order valence-corrected chi connectivity index (χ0v) is 11.4. The lowest BCUT2D eigenvalue weighted by molar-refractivity contribution is -0.385. The van der Waals surface area contributed by atoms with Crippen LogP contribution in [0.3, 0.4) is 0 Å². The lowest BCUT2D eigenvalue weighted by Gasteiger charge is -2.18. The molecule has 0 N–H and O–H groups in total. The largest absolute Gasteiger partial charge is 0.418 e. The van der Waals surface area contributed by atoms with Crippen molar-refractivity contribution in [2.45, 2.75) is 32.6 Å². The van der Waals surface area contributed by atoms with Gasteiger partial charge in [-0.3, -0.25) is 14.9 Å². The summed E-state index contributed by atoms with van der Waals surface area (Å²) in [6, 6.07) is 1.53. The second-order valence-corrected chi connectivity index (χ2v) is 5.03. The SMILES string of the molecule is CC(=O)Oc1c([N+](=O)[O-])cc2c(c1Br)CCCC2. The molecule has 2 rings (SSSR count). The van der Waals surface area contributed by atoms with Gasteiger partial charge in [0.05, 0.1) is 9.40 Å². The third-order valence-electron chi connectivity index (χ3n) is 2.96. The molecule has 0 aromatic heterocycles. The number of hydrogen-bond donors (Lipinski definition) is 0. The zero-order valence-electron chi connectivity index (χ0n) is 9.86. The number of nitrogens with zero attached hydrogens (tertiary/aromatic N) is 1. The number of fused-ring (bicyclic) bond motifs is 1. The van der Waals surface area contributed by atoms with Gasteiger partial charge in [0.1, 0.15) is 0 Å². The van der Waals surface area contributed by atoms with E-state index < -0.39 is 10.9 Å². The fourth-order valence-electron chi connectivity index (χ4n) is 2.20. The number of hydrogen-bond acceptors (Lipinski definition) is 4. The normalized spacial score (nSPS) is 13.9. The number of carbonyl (C=O) groups is 1. The Balaban J connectivity index is 2.61. The van der Waals surface area contributed by atoms with Gasteiger partial charge in [0, 0.05) is 13.0 Å². The van der Waals surface area contributed by atoms with E-state index in [-0.39, 0.29) is 11.4 Å². The molecule has 0 unspecified atom stereocenters. The second kappa shape index (κ2) is 5.06. The van der Waals surface area contributed by atoms with E-state index in [1.807, 2.05) is 0 Å². The van der Waals surface area contributed by atoms with Crippen LogP contribution in [0.1, 0.15) is 30.9 Å². The van der Waals surface area contributed by atoms with Gasteiger partial charge < -0.3 is 4.74 Å². The predicted octanol–water partition coefficient (Wildman–Crippen LogP) is 3.16. The molecule has 6 heteroatoms. The van der Waals surface area contributed by atoms with Crippen molar-refractivity contribution in [1.82, 2.24) is 0 Å². The van der Waals surface area contributed by atoms with Gasteiger partial charge >= 0.3 is 11.7 Å². The standard InChI is InChI=1S/C12H12BrNO4/c1-7(15)18-12-10(14(16)17)6-8-4-2-3-5-9(8)11(12)13/h6H,2-5H2,1H3. The van der Waals surface area contributed by atoms with Crippen molar-refractivity contribution in [1.29, 1.82) is 0 Å². The summed E-state index contributed by atoms with van der Waals surface area (Å²) in [5, 5.41) is 11.0. The van der Waals surface area contributed by atoms with Gasteiger partial charge in [-0.25, -0.2) is 0 Å². The summed E-state index contributed by atoms with van der Waals surface area (Å²) in [6.45, 7) is 1.23. The van der Waals surface area contributed by atoms with Crippen molar-refractivity contribution < 1.29 is 14.5 Å². The molecule has 1 aromatic rings. The molecule has 0 aliphatic heterocycles. The fraction of sp³-hybridized carbons (Fsp3) is 0.417. The van der Waals surface area contributed by atoms with E-state index >= 15 is 0 Å². The van der Waals surface area contributed by atoms with Crippen molar-refractivity contribution in [3.05, 3.63) is 31.8 Å². The van der Waals surface area contributed by atoms with E-state index in [4.69, 9.17) is 4.74 Å². The van der Waals surface area contributed by atoms with Crippen molar-refractivity contribution in [3.63, 3.8) is 0 Å². The zero-order chi connectivity index (χ0) is 13.3. The second-order valence-electron chi connectivity index (χ2n) is 4.23. The minimum Gasteiger partial charge on any atom is -0.418 e. The van der Waals surface area contributed by atoms with Crippen LogP contribution in [0.25, 0.3) is 0 Å². The number of benzene rings is 1. The molecule has 1 aliphatic carbocycles. The van der Waals surface area contributed by atoms with E-state index in [1.165, 1.54) is 13.0 Å². The van der Waals surface area contributed by atoms with Crippen molar-refractivity contribution in [2.24, 2.45) is 0 Å². The van der Waals surface area contributed by atoms with Crippen LogP contribution >= 0.6 is 15.9 Å². The number of rotatable bonds is 2. The van der Waals surface area contributed by atoms with Crippen molar-refractivity contribution in [2.75, 3.05) is 0 Å². The maximum atomic E-state index is 11.0. The molecule has 18 heavy (non-hydrogen) atoms. The molecule has 96 valence electrons. The van der Waals surface area contributed by atoms with Crippen LogP contribution in [-0.2, 0) is 17.6 Å². The predicted molar refractivity (Wildman–Crippen MR) is 68.7 cm³/mol. The molecular formula is C12H12BrNO4. The van der Waals surface area contributed by atoms with Gasteiger partial charge in [-0.15, -0.1) is 0 Å². The van der Waals surface area contributed by atoms with Gasteiger partial charge in [0.15, 0.2) is 0 Å². The highest BCUT2D eigenvalue weighted by Crippen LogP contribution is 2.42. The van der Waals surface area contributed by atoms with Crippen LogP contribution in [0.4, 0.5) is 5.69 Å². The number of carbonyl (C=O) groups excluding carboxylic acids is 1. The summed E-state index contributed by atoms with van der Waals surface area (Å²) < 4.78 is 5.52. The van der Waals surface area contributed by atoms with Gasteiger partial charge in [-0.2, -0.15) is 0 Å². The average Bonchev–Trinajstić information content (AvgIpc) is 2.32. The van der Waals surface area contributed by atoms with Gasteiger partial charge in [-0.05, 0) is 52.7 Å². The molecule has 0 spiro atoms. The van der Waals surface area contributed by atoms with Crippen LogP contribution in [0, 0.1) is 10.1 Å². The molecule has 0 atom stereocenters. The first-order chi connectivity index (χ1) is 8.50. The highest BCUT2D eigenvalue weighted by Gasteiger charge is 2.26. The maximum absolute atomic E-state index is 11.0. The Kier molecular flexibility index (Phi) is 3.65. The Hall–Kier alpha value is -1.43. The van der Waals surface area contributed by atoms with Crippen LogP contribution in [0.5, 0.6) is 5.75 Å². The smallest absolute Gasteiger partial charge is 0.313 e. The number of ether oxygens (including phenoxy) is 1. The lowest BCUT2D eigenvalue weighted by atomic mass is 9.91. The van der Waals surface area contributed by atoms with Crippen LogP contribution in [0.15, 0.2) is 10.5 Å². The first kappa shape index (κ1) is 13.0. The summed E-state index contributed by atoms with van der Waals surface area (Å²) in [7, 11) is 0. The number of aryl methyl sites for hydroxylation is 1. The lowest BCUT2D eigenvalue weighted by Crippen LogP contribution is -2.10. The summed E-state index contributed by atoms with van der Waals surface area (Å²) in [6.07, 6.45) is 3.75. The molecule has 0 bridgehead atoms. The Labute approximate surface area is 112 Å². The van der Waals surface area contributed by atoms with E-state index in [9.17, 15) is 14.9 Å². The van der Waals surface area contributed by atoms with Crippen LogP contribution < -0.4 is 4.74 Å². The fourth-order valence-corrected chi connectivity index (χ4v) is 2.93. The minimum atomic E-state index is -0.561. The number of halogens is 1. The Bertz CT molecular complexity index is 527. The van der Waals surface area contributed by atoms with Gasteiger partial charge in [-0.1, -0.05) is 0 Å². The summed E-state index contributed by atoms with van der Waals surface area (Å²) in [4.78, 5) is 21.6. The molecule has 0 saturated heterocycles. The molecule has 0 radical (unpaired) electrons. The van der Waals surface area contributed by atoms with E-state index in [0.29, 0.717) is 4.47 Å². The molecule has 0 heterocycles. The maximum Gasteiger partial charge on any atom is 0.313 e. The highest BCUT2D eigenvalue weighted by atomic mass is 79.9. The molecule has 1 aliphatic rings. The van der Waals surface area contributed by atoms with Crippen molar-refractivity contribution in [3.8, 4) is 5.75 Å². The van der Waals surface area contributed by atoms with E-state index in [0.717, 1.165) is 36.8 Å². The Morgan fingerprint density at radius 1 is 1.44 bits per heavy atom. The third-order valence-corrected chi connectivity index (χ3v) is 3.80. The summed E-state index contributed by atoms with van der Waals surface area (Å²) in [5.74, 6) is -0.539. The van der Waals surface area contributed by atoms with Gasteiger partial charge in [0.2, 0.25) is 5.75 Å². The highest BCUT2D eigenvalue weighted by molar-refractivity contribution is 9.10. The molecule has 0 amide bonds.